The minimum Gasteiger partial charge on any atom is -0.379 e. The molecule has 13 heteroatoms. The van der Waals surface area contributed by atoms with Crippen molar-refractivity contribution in [2.75, 3.05) is 37.4 Å². The Morgan fingerprint density at radius 2 is 1.97 bits per heavy atom. The number of thiazole rings is 1. The zero-order valence-electron chi connectivity index (χ0n) is 17.1. The molecule has 0 spiro atoms. The number of carbonyl (C=O) groups is 1. The first kappa shape index (κ1) is 22.6. The van der Waals surface area contributed by atoms with E-state index in [1.165, 1.54) is 45.6 Å². The van der Waals surface area contributed by atoms with Crippen molar-refractivity contribution in [3.63, 3.8) is 0 Å². The number of nitrogens with one attached hydrogen (secondary N) is 1. The van der Waals surface area contributed by atoms with Crippen molar-refractivity contribution in [3.8, 4) is 0 Å². The number of rotatable bonds is 6. The van der Waals surface area contributed by atoms with E-state index in [-0.39, 0.29) is 40.4 Å². The molecule has 5 rings (SSSR count). The molecular weight excluding hydrogens is 506 g/mol. The van der Waals surface area contributed by atoms with Crippen LogP contribution in [0.15, 0.2) is 52.5 Å². The fourth-order valence-electron chi connectivity index (χ4n) is 3.46. The first-order valence-electron chi connectivity index (χ1n) is 9.96. The minimum atomic E-state index is -3.71. The number of hydrogen-bond donors (Lipinski definition) is 1. The molecule has 0 aliphatic carbocycles. The highest BCUT2D eigenvalue weighted by Gasteiger charge is 2.27. The number of nitrogens with zero attached hydrogens (tertiary/aromatic N) is 4. The quantitative estimate of drug-likeness (QED) is 0.386. The lowest BCUT2D eigenvalue weighted by atomic mass is 10.3. The molecule has 172 valence electrons. The molecule has 3 heterocycles. The lowest BCUT2D eigenvalue weighted by molar-refractivity contribution is -0.113. The number of amides is 1. The number of fused-ring (bicyclic) bond motifs is 3. The van der Waals surface area contributed by atoms with E-state index in [0.29, 0.717) is 18.4 Å². The fraction of sp³-hybridized carbons (Fsp3) is 0.250. The minimum absolute atomic E-state index is 0.0573. The Balaban J connectivity index is 1.31. The number of aromatic nitrogens is 3. The molecule has 0 bridgehead atoms. The highest BCUT2D eigenvalue weighted by atomic mass is 35.5. The third kappa shape index (κ3) is 4.46. The molecule has 2 aromatic heterocycles. The summed E-state index contributed by atoms with van der Waals surface area (Å²) in [6.45, 7) is 1.27. The van der Waals surface area contributed by atoms with Crippen molar-refractivity contribution in [1.29, 1.82) is 0 Å². The smallest absolute Gasteiger partial charge is 0.243 e. The average Bonchev–Trinajstić information content (AvgIpc) is 3.39. The molecule has 1 N–H and O–H groups in total. The predicted molar refractivity (Wildman–Crippen MR) is 129 cm³/mol. The second-order valence-corrected chi connectivity index (χ2v) is 11.5. The summed E-state index contributed by atoms with van der Waals surface area (Å²) in [4.78, 5) is 13.5. The van der Waals surface area contributed by atoms with E-state index >= 15 is 0 Å². The van der Waals surface area contributed by atoms with Crippen LogP contribution < -0.4 is 5.32 Å². The Morgan fingerprint density at radius 3 is 2.79 bits per heavy atom. The number of morpholine rings is 1. The number of hydrogen-bond acceptors (Lipinski definition) is 8. The second kappa shape index (κ2) is 9.20. The first-order chi connectivity index (χ1) is 15.9. The van der Waals surface area contributed by atoms with E-state index in [1.54, 1.807) is 0 Å². The molecule has 1 aliphatic rings. The van der Waals surface area contributed by atoms with E-state index in [0.717, 1.165) is 15.2 Å². The summed E-state index contributed by atoms with van der Waals surface area (Å²) < 4.78 is 35.4. The van der Waals surface area contributed by atoms with E-state index in [9.17, 15) is 13.2 Å². The number of halogens is 1. The maximum atomic E-state index is 12.9. The van der Waals surface area contributed by atoms with Gasteiger partial charge in [0.15, 0.2) is 5.16 Å². The van der Waals surface area contributed by atoms with Gasteiger partial charge in [0, 0.05) is 13.1 Å². The molecule has 33 heavy (non-hydrogen) atoms. The summed E-state index contributed by atoms with van der Waals surface area (Å²) >= 11 is 9.00. The Labute approximate surface area is 202 Å². The maximum absolute atomic E-state index is 12.9. The summed E-state index contributed by atoms with van der Waals surface area (Å²) in [5, 5.41) is 11.9. The number of sulfonamides is 1. The van der Waals surface area contributed by atoms with E-state index in [2.05, 4.69) is 15.5 Å². The molecule has 1 fully saturated rings. The van der Waals surface area contributed by atoms with Crippen LogP contribution in [0.5, 0.6) is 0 Å². The van der Waals surface area contributed by atoms with Crippen molar-refractivity contribution in [1.82, 2.24) is 18.9 Å². The Morgan fingerprint density at radius 1 is 1.18 bits per heavy atom. The van der Waals surface area contributed by atoms with Crippen LogP contribution in [0.25, 0.3) is 15.2 Å². The van der Waals surface area contributed by atoms with Crippen molar-refractivity contribution in [3.05, 3.63) is 47.5 Å². The maximum Gasteiger partial charge on any atom is 0.243 e. The lowest BCUT2D eigenvalue weighted by Crippen LogP contribution is -2.40. The number of ether oxygens (including phenoxy) is 1. The fourth-order valence-corrected chi connectivity index (χ4v) is 6.83. The van der Waals surface area contributed by atoms with Gasteiger partial charge in [0.2, 0.25) is 20.9 Å². The van der Waals surface area contributed by atoms with Crippen molar-refractivity contribution >= 4 is 71.5 Å². The van der Waals surface area contributed by atoms with Gasteiger partial charge in [0.1, 0.15) is 0 Å². The number of carbonyl (C=O) groups excluding carboxylic acids is 1. The van der Waals surface area contributed by atoms with Gasteiger partial charge in [-0.2, -0.15) is 4.31 Å². The molecule has 0 saturated carbocycles. The summed E-state index contributed by atoms with van der Waals surface area (Å²) in [5.41, 5.74) is 1.22. The summed E-state index contributed by atoms with van der Waals surface area (Å²) in [6.07, 6.45) is 0. The summed E-state index contributed by atoms with van der Waals surface area (Å²) in [7, 11) is -3.71. The molecule has 4 aromatic rings. The highest BCUT2D eigenvalue weighted by Crippen LogP contribution is 2.30. The molecule has 0 unspecified atom stereocenters. The van der Waals surface area contributed by atoms with Gasteiger partial charge in [0.05, 0.1) is 44.8 Å². The Hall–Kier alpha value is -2.22. The van der Waals surface area contributed by atoms with Crippen LogP contribution in [-0.4, -0.2) is 65.3 Å². The zero-order chi connectivity index (χ0) is 23.0. The van der Waals surface area contributed by atoms with Gasteiger partial charge in [-0.1, -0.05) is 46.8 Å². The first-order valence-corrected chi connectivity index (χ1v) is 13.6. The van der Waals surface area contributed by atoms with Gasteiger partial charge < -0.3 is 10.1 Å². The molecule has 0 radical (unpaired) electrons. The SMILES string of the molecule is O=C(CSc1nnc2sc3ccccc3n12)Nc1cc(S(=O)(=O)N2CCOCC2)ccc1Cl. The van der Waals surface area contributed by atoms with Crippen molar-refractivity contribution in [2.24, 2.45) is 0 Å². The molecule has 2 aromatic carbocycles. The lowest BCUT2D eigenvalue weighted by Gasteiger charge is -2.26. The van der Waals surface area contributed by atoms with Crippen LogP contribution in [0.2, 0.25) is 5.02 Å². The van der Waals surface area contributed by atoms with Crippen molar-refractivity contribution in [2.45, 2.75) is 10.1 Å². The van der Waals surface area contributed by atoms with Gasteiger partial charge in [0.25, 0.3) is 0 Å². The molecule has 0 atom stereocenters. The molecule has 1 saturated heterocycles. The topological polar surface area (TPSA) is 106 Å². The van der Waals surface area contributed by atoms with E-state index in [4.69, 9.17) is 16.3 Å². The zero-order valence-corrected chi connectivity index (χ0v) is 20.3. The number of para-hydroxylation sites is 1. The molecular formula is C20H18ClN5O4S3. The Bertz CT molecular complexity index is 1450. The van der Waals surface area contributed by atoms with Crippen LogP contribution in [0.3, 0.4) is 0 Å². The van der Waals surface area contributed by atoms with Gasteiger partial charge >= 0.3 is 0 Å². The monoisotopic (exact) mass is 523 g/mol. The van der Waals surface area contributed by atoms with Gasteiger partial charge in [-0.05, 0) is 30.3 Å². The molecule has 1 amide bonds. The number of thioether (sulfide) groups is 1. The normalized spacial score (nSPS) is 15.3. The largest absolute Gasteiger partial charge is 0.379 e. The van der Waals surface area contributed by atoms with Crippen LogP contribution in [0, 0.1) is 0 Å². The standard InChI is InChI=1S/C20H18ClN5O4S3/c21-14-6-5-13(33(28,29)25-7-9-30-10-8-25)11-15(14)22-18(27)12-31-19-23-24-20-26(19)16-3-1-2-4-17(16)32-20/h1-6,11H,7-10,12H2,(H,22,27). The summed E-state index contributed by atoms with van der Waals surface area (Å²) in [5.74, 6) is -0.277. The van der Waals surface area contributed by atoms with Crippen molar-refractivity contribution < 1.29 is 17.9 Å². The van der Waals surface area contributed by atoms with Crippen LogP contribution in [-0.2, 0) is 19.6 Å². The molecule has 1 aliphatic heterocycles. The highest BCUT2D eigenvalue weighted by molar-refractivity contribution is 7.99. The van der Waals surface area contributed by atoms with E-state index in [1.807, 2.05) is 28.7 Å². The van der Waals surface area contributed by atoms with Gasteiger partial charge in [-0.25, -0.2) is 8.42 Å². The Kier molecular flexibility index (Phi) is 6.29. The van der Waals surface area contributed by atoms with Gasteiger partial charge in [-0.15, -0.1) is 10.2 Å². The second-order valence-electron chi connectivity index (χ2n) is 7.17. The van der Waals surface area contributed by atoms with Gasteiger partial charge in [-0.3, -0.25) is 9.20 Å². The van der Waals surface area contributed by atoms with Crippen LogP contribution in [0.4, 0.5) is 5.69 Å². The summed E-state index contributed by atoms with van der Waals surface area (Å²) in [6, 6.07) is 12.2. The predicted octanol–water partition coefficient (Wildman–Crippen LogP) is 3.35. The number of benzene rings is 2. The van der Waals surface area contributed by atoms with Crippen LogP contribution >= 0.6 is 34.7 Å². The molecule has 9 nitrogen and oxygen atoms in total. The third-order valence-corrected chi connectivity index (χ3v) is 9.23. The number of anilines is 1. The third-order valence-electron chi connectivity index (χ3n) is 5.06. The average molecular weight is 524 g/mol. The van der Waals surface area contributed by atoms with E-state index < -0.39 is 10.0 Å². The van der Waals surface area contributed by atoms with Crippen LogP contribution in [0.1, 0.15) is 0 Å².